The van der Waals surface area contributed by atoms with Gasteiger partial charge in [-0.2, -0.15) is 0 Å². The first-order valence-corrected chi connectivity index (χ1v) is 5.63. The smallest absolute Gasteiger partial charge is 0.747 e. The van der Waals surface area contributed by atoms with E-state index < -0.39 is 21.3 Å². The third kappa shape index (κ3) is 4.04. The van der Waals surface area contributed by atoms with Crippen molar-refractivity contribution in [3.63, 3.8) is 0 Å². The first-order valence-electron chi connectivity index (χ1n) is 3.78. The monoisotopic (exact) mass is 270 g/mol. The van der Waals surface area contributed by atoms with Crippen molar-refractivity contribution >= 4 is 27.6 Å². The molecule has 0 saturated heterocycles. The van der Waals surface area contributed by atoms with Crippen molar-refractivity contribution in [2.24, 2.45) is 0 Å². The van der Waals surface area contributed by atoms with E-state index in [0.717, 1.165) is 0 Å². The van der Waals surface area contributed by atoms with Gasteiger partial charge in [-0.25, -0.2) is 8.42 Å². The second kappa shape index (κ2) is 6.00. The first-order chi connectivity index (χ1) is 6.82. The predicted octanol–water partition coefficient (Wildman–Crippen LogP) is -2.26. The van der Waals surface area contributed by atoms with Gasteiger partial charge in [0.05, 0.1) is 0 Å². The van der Waals surface area contributed by atoms with Gasteiger partial charge in [0.25, 0.3) is 5.91 Å². The molecule has 1 aromatic carbocycles. The third-order valence-electron chi connectivity index (χ3n) is 1.70. The molecule has 1 unspecified atom stereocenters. The zero-order valence-corrected chi connectivity index (χ0v) is 11.9. The number of rotatable bonds is 3. The van der Waals surface area contributed by atoms with Crippen molar-refractivity contribution in [2.75, 3.05) is 0 Å². The van der Waals surface area contributed by atoms with E-state index in [2.05, 4.69) is 0 Å². The molecule has 1 radical (unpaired) electrons. The average molecular weight is 271 g/mol. The summed E-state index contributed by atoms with van der Waals surface area (Å²) >= 11 is 5.55. The molecule has 1 amide bonds. The molecule has 16 heavy (non-hydrogen) atoms. The molecular weight excluding hydrogens is 265 g/mol. The van der Waals surface area contributed by atoms with E-state index >= 15 is 0 Å². The summed E-state index contributed by atoms with van der Waals surface area (Å²) in [7, 11) is -4.86. The summed E-state index contributed by atoms with van der Waals surface area (Å²) in [4.78, 5) is 10.7. The minimum absolute atomic E-state index is 0. The Morgan fingerprint density at radius 1 is 1.31 bits per heavy atom. The van der Waals surface area contributed by atoms with Crippen LogP contribution in [0.1, 0.15) is 10.8 Å². The quantitative estimate of drug-likeness (QED) is 0.457. The molecule has 1 N–H and O–H groups in total. The van der Waals surface area contributed by atoms with E-state index in [9.17, 15) is 17.8 Å². The van der Waals surface area contributed by atoms with Crippen LogP contribution in [0.15, 0.2) is 24.3 Å². The zero-order chi connectivity index (χ0) is 11.6. The summed E-state index contributed by atoms with van der Waals surface area (Å²) in [6.45, 7) is 0. The molecular formula is C8H6ClNNaO4S. The summed E-state index contributed by atoms with van der Waals surface area (Å²) in [5.41, 5.74) is 6.68. The first kappa shape index (κ1) is 15.9. The van der Waals surface area contributed by atoms with Crippen molar-refractivity contribution < 1.29 is 47.3 Å². The zero-order valence-electron chi connectivity index (χ0n) is 8.31. The molecule has 0 heterocycles. The molecule has 1 atom stereocenters. The number of amides is 1. The SMILES string of the molecule is [NH]C(=O)C(c1ccc(Cl)cc1)S(=O)(=O)[O-].[Na+]. The summed E-state index contributed by atoms with van der Waals surface area (Å²) < 4.78 is 32.2. The summed E-state index contributed by atoms with van der Waals surface area (Å²) in [5, 5.41) is -1.63. The number of benzene rings is 1. The van der Waals surface area contributed by atoms with Crippen molar-refractivity contribution in [1.29, 1.82) is 0 Å². The topological polar surface area (TPSA) is 98.1 Å². The Bertz CT molecular complexity index is 473. The van der Waals surface area contributed by atoms with E-state index in [0.29, 0.717) is 5.02 Å². The Hall–Kier alpha value is -0.110. The minimum atomic E-state index is -4.86. The van der Waals surface area contributed by atoms with E-state index in [1.54, 1.807) is 0 Å². The van der Waals surface area contributed by atoms with Crippen LogP contribution in [0.5, 0.6) is 0 Å². The van der Waals surface area contributed by atoms with Crippen molar-refractivity contribution in [3.05, 3.63) is 34.9 Å². The van der Waals surface area contributed by atoms with Gasteiger partial charge in [0.1, 0.15) is 10.1 Å². The molecule has 0 saturated carbocycles. The fourth-order valence-corrected chi connectivity index (χ4v) is 1.97. The molecule has 5 nitrogen and oxygen atoms in total. The second-order valence-electron chi connectivity index (χ2n) is 2.79. The van der Waals surface area contributed by atoms with Crippen LogP contribution >= 0.6 is 11.6 Å². The molecule has 0 bridgehead atoms. The summed E-state index contributed by atoms with van der Waals surface area (Å²) in [5.74, 6) is -1.45. The molecule has 81 valence electrons. The van der Waals surface area contributed by atoms with Crippen LogP contribution in [0.2, 0.25) is 5.02 Å². The number of halogens is 1. The molecule has 1 rings (SSSR count). The molecule has 0 aromatic heterocycles. The van der Waals surface area contributed by atoms with Gasteiger partial charge >= 0.3 is 29.6 Å². The number of carbonyl (C=O) groups excluding carboxylic acids is 1. The molecule has 0 spiro atoms. The molecule has 1 aromatic rings. The van der Waals surface area contributed by atoms with Crippen LogP contribution in [0, 0.1) is 0 Å². The number of carbonyl (C=O) groups is 1. The van der Waals surface area contributed by atoms with Crippen LogP contribution in [0.3, 0.4) is 0 Å². The van der Waals surface area contributed by atoms with Gasteiger partial charge in [-0.15, -0.1) is 0 Å². The van der Waals surface area contributed by atoms with E-state index in [1.807, 2.05) is 0 Å². The average Bonchev–Trinajstić information content (AvgIpc) is 2.05. The van der Waals surface area contributed by atoms with Crippen LogP contribution in [0.25, 0.3) is 0 Å². The second-order valence-corrected chi connectivity index (χ2v) is 4.68. The van der Waals surface area contributed by atoms with Crippen molar-refractivity contribution in [2.45, 2.75) is 5.25 Å². The van der Waals surface area contributed by atoms with Gasteiger partial charge in [-0.3, -0.25) is 10.5 Å². The van der Waals surface area contributed by atoms with Gasteiger partial charge in [0.2, 0.25) is 0 Å². The molecule has 0 aliphatic rings. The maximum Gasteiger partial charge on any atom is 1.00 e. The standard InChI is InChI=1S/C8H7ClNO4S.Na/c9-6-3-1-5(2-4-6)7(8(10)11)15(12,13)14;/h1-4,7,10H,(H,12,13,14);/q;+1/p-1. The normalized spacial score (nSPS) is 12.6. The van der Waals surface area contributed by atoms with Crippen LogP contribution < -0.4 is 35.3 Å². The molecule has 0 fully saturated rings. The van der Waals surface area contributed by atoms with Gasteiger partial charge in [-0.1, -0.05) is 23.7 Å². The predicted molar refractivity (Wildman–Crippen MR) is 52.0 cm³/mol. The van der Waals surface area contributed by atoms with Crippen LogP contribution in [0.4, 0.5) is 0 Å². The van der Waals surface area contributed by atoms with E-state index in [1.165, 1.54) is 24.3 Å². The maximum atomic E-state index is 10.7. The number of hydrogen-bond donors (Lipinski definition) is 0. The van der Waals surface area contributed by atoms with Gasteiger partial charge < -0.3 is 4.55 Å². The van der Waals surface area contributed by atoms with E-state index in [-0.39, 0.29) is 35.1 Å². The molecule has 0 aliphatic carbocycles. The van der Waals surface area contributed by atoms with Crippen LogP contribution in [-0.2, 0) is 14.9 Å². The molecule has 8 heteroatoms. The Balaban J connectivity index is 0.00000225. The third-order valence-corrected chi connectivity index (χ3v) is 3.02. The molecule has 0 aliphatic heterocycles. The van der Waals surface area contributed by atoms with Gasteiger partial charge in [-0.05, 0) is 17.7 Å². The fourth-order valence-electron chi connectivity index (χ4n) is 1.09. The van der Waals surface area contributed by atoms with Crippen molar-refractivity contribution in [1.82, 2.24) is 5.73 Å². The minimum Gasteiger partial charge on any atom is -0.747 e. The Labute approximate surface area is 120 Å². The maximum absolute atomic E-state index is 10.7. The van der Waals surface area contributed by atoms with Gasteiger partial charge in [0.15, 0.2) is 5.25 Å². The van der Waals surface area contributed by atoms with Gasteiger partial charge in [0, 0.05) is 5.02 Å². The fraction of sp³-hybridized carbons (Fsp3) is 0.125. The van der Waals surface area contributed by atoms with E-state index in [4.69, 9.17) is 17.3 Å². The Morgan fingerprint density at radius 3 is 2.06 bits per heavy atom. The summed E-state index contributed by atoms with van der Waals surface area (Å²) in [6.07, 6.45) is 0. The largest absolute Gasteiger partial charge is 1.00 e. The Kier molecular flexibility index (Phi) is 5.95. The number of hydrogen-bond acceptors (Lipinski definition) is 4. The summed E-state index contributed by atoms with van der Waals surface area (Å²) in [6, 6.07) is 5.15. The van der Waals surface area contributed by atoms with Crippen LogP contribution in [-0.4, -0.2) is 18.9 Å². The van der Waals surface area contributed by atoms with Crippen molar-refractivity contribution in [3.8, 4) is 0 Å². The Morgan fingerprint density at radius 2 is 1.75 bits per heavy atom. The number of nitrogens with one attached hydrogen (secondary N) is 1.